The van der Waals surface area contributed by atoms with Crippen LogP contribution in [0, 0.1) is 0 Å². The van der Waals surface area contributed by atoms with Gasteiger partial charge in [0.2, 0.25) is 0 Å². The summed E-state index contributed by atoms with van der Waals surface area (Å²) in [6.45, 7) is 1.35. The summed E-state index contributed by atoms with van der Waals surface area (Å²) in [5.41, 5.74) is 3.85. The molecule has 1 fully saturated rings. The van der Waals surface area contributed by atoms with Gasteiger partial charge in [-0.2, -0.15) is 0 Å². The predicted molar refractivity (Wildman–Crippen MR) is 123 cm³/mol. The normalized spacial score (nSPS) is 16.3. The Morgan fingerprint density at radius 2 is 1.87 bits per heavy atom. The molecule has 1 saturated heterocycles. The first kappa shape index (κ1) is 20.0. The van der Waals surface area contributed by atoms with Gasteiger partial charge in [0.25, 0.3) is 5.91 Å². The smallest absolute Gasteiger partial charge is 0.253 e. The van der Waals surface area contributed by atoms with E-state index < -0.39 is 0 Å². The third-order valence-corrected chi connectivity index (χ3v) is 7.03. The van der Waals surface area contributed by atoms with Crippen LogP contribution < -0.4 is 14.8 Å². The Morgan fingerprint density at radius 1 is 1.06 bits per heavy atom. The van der Waals surface area contributed by atoms with E-state index in [2.05, 4.69) is 50.2 Å². The van der Waals surface area contributed by atoms with E-state index in [0.717, 1.165) is 34.4 Å². The van der Waals surface area contributed by atoms with Crippen molar-refractivity contribution >= 4 is 27.5 Å². The molecule has 0 bridgehead atoms. The lowest BCUT2D eigenvalue weighted by Gasteiger charge is -2.46. The van der Waals surface area contributed by atoms with Crippen LogP contribution in [0.3, 0.4) is 0 Å². The quantitative estimate of drug-likeness (QED) is 0.582. The highest BCUT2D eigenvalue weighted by Gasteiger charge is 2.42. The number of nitrogens with zero attached hydrogens (tertiary/aromatic N) is 2. The van der Waals surface area contributed by atoms with E-state index in [9.17, 15) is 4.79 Å². The van der Waals surface area contributed by atoms with Gasteiger partial charge in [-0.3, -0.25) is 4.79 Å². The molecule has 7 heteroatoms. The average molecular weight is 482 g/mol. The Morgan fingerprint density at radius 3 is 2.61 bits per heavy atom. The SMILES string of the molecule is COc1ccc2c(c1)NC1(CCN(C(=O)c3ccc(Br)c(OC)c3)CC1)c1cccn1-2. The second-order valence-corrected chi connectivity index (χ2v) is 8.85. The molecule has 5 rings (SSSR count). The van der Waals surface area contributed by atoms with Crippen molar-refractivity contribution < 1.29 is 14.3 Å². The van der Waals surface area contributed by atoms with Crippen molar-refractivity contribution in [3.05, 3.63) is 70.5 Å². The molecule has 1 spiro atoms. The Balaban J connectivity index is 1.40. The van der Waals surface area contributed by atoms with Crippen LogP contribution in [-0.4, -0.2) is 42.7 Å². The van der Waals surface area contributed by atoms with Gasteiger partial charge in [-0.1, -0.05) is 0 Å². The zero-order valence-corrected chi connectivity index (χ0v) is 19.1. The van der Waals surface area contributed by atoms with Gasteiger partial charge in [-0.15, -0.1) is 0 Å². The number of hydrogen-bond acceptors (Lipinski definition) is 4. The summed E-state index contributed by atoms with van der Waals surface area (Å²) in [5, 5.41) is 3.79. The first-order valence-electron chi connectivity index (χ1n) is 10.3. The summed E-state index contributed by atoms with van der Waals surface area (Å²) in [6.07, 6.45) is 3.76. The summed E-state index contributed by atoms with van der Waals surface area (Å²) in [6, 6.07) is 15.9. The van der Waals surface area contributed by atoms with Crippen LogP contribution >= 0.6 is 15.9 Å². The molecular weight excluding hydrogens is 458 g/mol. The van der Waals surface area contributed by atoms with Crippen LogP contribution in [0.5, 0.6) is 11.5 Å². The largest absolute Gasteiger partial charge is 0.497 e. The first-order chi connectivity index (χ1) is 15.0. The minimum atomic E-state index is -0.211. The number of hydrogen-bond donors (Lipinski definition) is 1. The molecule has 0 unspecified atom stereocenters. The fraction of sp³-hybridized carbons (Fsp3) is 0.292. The van der Waals surface area contributed by atoms with Crippen LogP contribution in [0.1, 0.15) is 28.9 Å². The van der Waals surface area contributed by atoms with Gasteiger partial charge in [-0.05, 0) is 71.2 Å². The average Bonchev–Trinajstić information content (AvgIpc) is 3.30. The third kappa shape index (κ3) is 3.28. The van der Waals surface area contributed by atoms with Gasteiger partial charge in [0.05, 0.1) is 35.6 Å². The number of carbonyl (C=O) groups excluding carboxylic acids is 1. The monoisotopic (exact) mass is 481 g/mol. The van der Waals surface area contributed by atoms with Crippen LogP contribution in [-0.2, 0) is 5.54 Å². The molecule has 0 atom stereocenters. The van der Waals surface area contributed by atoms with E-state index >= 15 is 0 Å². The first-order valence-corrected chi connectivity index (χ1v) is 11.1. The molecule has 160 valence electrons. The van der Waals surface area contributed by atoms with E-state index in [1.165, 1.54) is 5.69 Å². The predicted octanol–water partition coefficient (Wildman–Crippen LogP) is 4.81. The topological polar surface area (TPSA) is 55.7 Å². The maximum atomic E-state index is 13.1. The fourth-order valence-corrected chi connectivity index (χ4v) is 5.11. The summed E-state index contributed by atoms with van der Waals surface area (Å²) in [5.74, 6) is 1.53. The van der Waals surface area contributed by atoms with Crippen molar-refractivity contribution in [2.45, 2.75) is 18.4 Å². The van der Waals surface area contributed by atoms with E-state index in [4.69, 9.17) is 9.47 Å². The van der Waals surface area contributed by atoms with Crippen LogP contribution in [0.2, 0.25) is 0 Å². The standard InChI is InChI=1S/C24H24BrN3O3/c1-30-17-6-8-20-19(15-17)26-24(22-4-3-11-28(20)22)9-12-27(13-10-24)23(29)16-5-7-18(25)21(14-16)31-2/h3-8,11,14-15,26H,9-10,12-13H2,1-2H3. The van der Waals surface area contributed by atoms with Crippen LogP contribution in [0.25, 0.3) is 5.69 Å². The maximum absolute atomic E-state index is 13.1. The Hall–Kier alpha value is -2.93. The Kier molecular flexibility index (Phi) is 4.93. The fourth-order valence-electron chi connectivity index (χ4n) is 4.70. The highest BCUT2D eigenvalue weighted by Crippen LogP contribution is 2.44. The Labute approximate surface area is 189 Å². The van der Waals surface area contributed by atoms with Gasteiger partial charge in [0.1, 0.15) is 11.5 Å². The minimum Gasteiger partial charge on any atom is -0.497 e. The van der Waals surface area contributed by atoms with Crippen molar-refractivity contribution in [3.8, 4) is 17.2 Å². The number of amides is 1. The molecule has 3 aromatic rings. The molecule has 31 heavy (non-hydrogen) atoms. The van der Waals surface area contributed by atoms with E-state index in [1.807, 2.05) is 29.2 Å². The molecule has 6 nitrogen and oxygen atoms in total. The summed E-state index contributed by atoms with van der Waals surface area (Å²) in [4.78, 5) is 15.1. The molecule has 0 saturated carbocycles. The number of nitrogens with one attached hydrogen (secondary N) is 1. The van der Waals surface area contributed by atoms with Crippen molar-refractivity contribution in [1.29, 1.82) is 0 Å². The van der Waals surface area contributed by atoms with Crippen LogP contribution in [0.4, 0.5) is 5.69 Å². The van der Waals surface area contributed by atoms with Gasteiger partial charge in [0, 0.05) is 36.6 Å². The molecule has 2 aromatic carbocycles. The zero-order chi connectivity index (χ0) is 21.6. The summed E-state index contributed by atoms with van der Waals surface area (Å²) >= 11 is 3.45. The maximum Gasteiger partial charge on any atom is 0.253 e. The highest BCUT2D eigenvalue weighted by atomic mass is 79.9. The number of carbonyl (C=O) groups is 1. The van der Waals surface area contributed by atoms with Gasteiger partial charge >= 0.3 is 0 Å². The number of halogens is 1. The molecule has 1 amide bonds. The second kappa shape index (κ2) is 7.64. The van der Waals surface area contributed by atoms with Crippen molar-refractivity contribution in [1.82, 2.24) is 9.47 Å². The highest BCUT2D eigenvalue weighted by molar-refractivity contribution is 9.10. The van der Waals surface area contributed by atoms with E-state index in [0.29, 0.717) is 24.4 Å². The van der Waals surface area contributed by atoms with Gasteiger partial charge in [-0.25, -0.2) is 0 Å². The lowest BCUT2D eigenvalue weighted by molar-refractivity contribution is 0.0676. The summed E-state index contributed by atoms with van der Waals surface area (Å²) < 4.78 is 13.9. The molecule has 2 aliphatic rings. The lowest BCUT2D eigenvalue weighted by Crippen LogP contribution is -2.51. The van der Waals surface area contributed by atoms with Crippen molar-refractivity contribution in [2.75, 3.05) is 32.6 Å². The number of likely N-dealkylation sites (tertiary alicyclic amines) is 1. The molecule has 0 radical (unpaired) electrons. The van der Waals surface area contributed by atoms with Crippen LogP contribution in [0.15, 0.2) is 59.2 Å². The molecule has 2 aliphatic heterocycles. The number of ether oxygens (including phenoxy) is 2. The molecule has 3 heterocycles. The lowest BCUT2D eigenvalue weighted by atomic mass is 9.82. The van der Waals surface area contributed by atoms with Gasteiger partial charge < -0.3 is 24.3 Å². The number of aromatic nitrogens is 1. The number of benzene rings is 2. The zero-order valence-electron chi connectivity index (χ0n) is 17.5. The van der Waals surface area contributed by atoms with Crippen molar-refractivity contribution in [2.24, 2.45) is 0 Å². The molecule has 0 aliphatic carbocycles. The van der Waals surface area contributed by atoms with E-state index in [-0.39, 0.29) is 11.4 Å². The number of piperidine rings is 1. The molecule has 1 aromatic heterocycles. The number of rotatable bonds is 3. The number of methoxy groups -OCH3 is 2. The molecule has 1 N–H and O–H groups in total. The summed E-state index contributed by atoms with van der Waals surface area (Å²) in [7, 11) is 3.29. The second-order valence-electron chi connectivity index (χ2n) is 8.00. The number of anilines is 1. The number of fused-ring (bicyclic) bond motifs is 4. The van der Waals surface area contributed by atoms with Crippen molar-refractivity contribution in [3.63, 3.8) is 0 Å². The third-order valence-electron chi connectivity index (χ3n) is 6.38. The minimum absolute atomic E-state index is 0.0360. The van der Waals surface area contributed by atoms with E-state index in [1.54, 1.807) is 20.3 Å². The van der Waals surface area contributed by atoms with Gasteiger partial charge in [0.15, 0.2) is 0 Å². The molecular formula is C24H24BrN3O3. The Bertz CT molecular complexity index is 1150.